The summed E-state index contributed by atoms with van der Waals surface area (Å²) in [6.07, 6.45) is 3.37. The normalized spacial score (nSPS) is 17.3. The summed E-state index contributed by atoms with van der Waals surface area (Å²) < 4.78 is 3.66. The Morgan fingerprint density at radius 2 is 2.33 bits per heavy atom. The molecule has 0 amide bonds. The molecule has 1 N–H and O–H groups in total. The van der Waals surface area contributed by atoms with Crippen LogP contribution >= 0.6 is 11.5 Å². The van der Waals surface area contributed by atoms with Crippen LogP contribution in [0.1, 0.15) is 40.5 Å². The maximum Gasteiger partial charge on any atom is 0.357 e. The van der Waals surface area contributed by atoms with E-state index in [1.165, 1.54) is 18.0 Å². The molecule has 4 nitrogen and oxygen atoms in total. The molecular formula is C7H8N2O2S. The highest BCUT2D eigenvalue weighted by atomic mass is 32.1. The largest absolute Gasteiger partial charge is 0.476 e. The number of nitrogens with zero attached hydrogens (tertiary/aromatic N) is 2. The Kier molecular flexibility index (Phi) is 1.80. The van der Waals surface area contributed by atoms with Gasteiger partial charge in [0.15, 0.2) is 5.69 Å². The van der Waals surface area contributed by atoms with Crippen LogP contribution in [0.2, 0.25) is 0 Å². The summed E-state index contributed by atoms with van der Waals surface area (Å²) in [6.45, 7) is 0. The molecule has 0 unspecified atom stereocenters. The topological polar surface area (TPSA) is 63.1 Å². The highest BCUT2D eigenvalue weighted by Crippen LogP contribution is 2.39. The highest BCUT2D eigenvalue weighted by molar-refractivity contribution is 7.05. The molecule has 0 bridgehead atoms. The average Bonchev–Trinajstić information content (AvgIpc) is 2.31. The van der Waals surface area contributed by atoms with Crippen molar-refractivity contribution in [2.45, 2.75) is 25.2 Å². The van der Waals surface area contributed by atoms with E-state index < -0.39 is 5.97 Å². The van der Waals surface area contributed by atoms with Gasteiger partial charge in [-0.05, 0) is 30.3 Å². The number of aromatic nitrogens is 2. The molecule has 12 heavy (non-hydrogen) atoms. The quantitative estimate of drug-likeness (QED) is 0.756. The second kappa shape index (κ2) is 2.82. The summed E-state index contributed by atoms with van der Waals surface area (Å²) in [5.41, 5.74) is 0.157. The summed E-state index contributed by atoms with van der Waals surface area (Å²) in [5, 5.41) is 12.3. The standard InChI is InChI=1S/C7H8N2O2S/c10-7(11)5-6(12-9-8-5)4-2-1-3-4/h4H,1-3H2,(H,10,11). The molecular weight excluding hydrogens is 176 g/mol. The van der Waals surface area contributed by atoms with E-state index in [0.717, 1.165) is 17.7 Å². The van der Waals surface area contributed by atoms with Gasteiger partial charge in [0.05, 0.1) is 4.88 Å². The van der Waals surface area contributed by atoms with Crippen molar-refractivity contribution in [3.8, 4) is 0 Å². The van der Waals surface area contributed by atoms with E-state index in [1.54, 1.807) is 0 Å². The Balaban J connectivity index is 2.29. The first-order chi connectivity index (χ1) is 5.79. The van der Waals surface area contributed by atoms with Gasteiger partial charge in [-0.1, -0.05) is 10.9 Å². The van der Waals surface area contributed by atoms with Crippen molar-refractivity contribution in [1.29, 1.82) is 0 Å². The fourth-order valence-electron chi connectivity index (χ4n) is 1.28. The Morgan fingerprint density at radius 1 is 1.58 bits per heavy atom. The van der Waals surface area contributed by atoms with Crippen LogP contribution in [0.5, 0.6) is 0 Å². The van der Waals surface area contributed by atoms with Gasteiger partial charge in [-0.3, -0.25) is 0 Å². The molecule has 5 heteroatoms. The number of hydrogen-bond acceptors (Lipinski definition) is 4. The summed E-state index contributed by atoms with van der Waals surface area (Å²) in [5.74, 6) is -0.540. The predicted molar refractivity (Wildman–Crippen MR) is 43.5 cm³/mol. The molecule has 1 aliphatic carbocycles. The molecule has 1 saturated carbocycles. The van der Waals surface area contributed by atoms with Crippen LogP contribution in [-0.2, 0) is 0 Å². The SMILES string of the molecule is O=C(O)c1nnsc1C1CCC1. The summed E-state index contributed by atoms with van der Waals surface area (Å²) >= 11 is 1.22. The molecule has 1 aromatic rings. The second-order valence-corrected chi connectivity index (χ2v) is 3.70. The van der Waals surface area contributed by atoms with E-state index >= 15 is 0 Å². The second-order valence-electron chi connectivity index (χ2n) is 2.92. The zero-order valence-corrected chi connectivity index (χ0v) is 7.17. The van der Waals surface area contributed by atoms with Gasteiger partial charge in [-0.15, -0.1) is 5.10 Å². The van der Waals surface area contributed by atoms with Crippen molar-refractivity contribution in [2.75, 3.05) is 0 Å². The third-order valence-electron chi connectivity index (χ3n) is 2.19. The van der Waals surface area contributed by atoms with Gasteiger partial charge in [-0.2, -0.15) is 0 Å². The van der Waals surface area contributed by atoms with Crippen molar-refractivity contribution < 1.29 is 9.90 Å². The zero-order valence-electron chi connectivity index (χ0n) is 6.36. The van der Waals surface area contributed by atoms with E-state index in [0.29, 0.717) is 5.92 Å². The fourth-order valence-corrected chi connectivity index (χ4v) is 2.09. The minimum Gasteiger partial charge on any atom is -0.476 e. The Hall–Kier alpha value is -0.970. The molecule has 1 aromatic heterocycles. The lowest BCUT2D eigenvalue weighted by molar-refractivity contribution is 0.0688. The van der Waals surface area contributed by atoms with Crippen molar-refractivity contribution in [3.05, 3.63) is 10.6 Å². The van der Waals surface area contributed by atoms with Crippen molar-refractivity contribution in [2.24, 2.45) is 0 Å². The first kappa shape index (κ1) is 7.67. The highest BCUT2D eigenvalue weighted by Gasteiger charge is 2.27. The lowest BCUT2D eigenvalue weighted by Gasteiger charge is -2.23. The van der Waals surface area contributed by atoms with E-state index in [1.807, 2.05) is 0 Å². The smallest absolute Gasteiger partial charge is 0.357 e. The first-order valence-electron chi connectivity index (χ1n) is 3.84. The van der Waals surface area contributed by atoms with Crippen LogP contribution in [0, 0.1) is 0 Å². The Labute approximate surface area is 73.4 Å². The zero-order chi connectivity index (χ0) is 8.55. The minimum atomic E-state index is -0.953. The summed E-state index contributed by atoms with van der Waals surface area (Å²) in [6, 6.07) is 0. The maximum atomic E-state index is 10.6. The molecule has 1 fully saturated rings. The van der Waals surface area contributed by atoms with E-state index in [2.05, 4.69) is 9.59 Å². The van der Waals surface area contributed by atoms with Gasteiger partial charge >= 0.3 is 5.97 Å². The molecule has 0 saturated heterocycles. The molecule has 2 rings (SSSR count). The number of carboxylic acid groups (broad SMARTS) is 1. The number of hydrogen-bond donors (Lipinski definition) is 1. The first-order valence-corrected chi connectivity index (χ1v) is 4.62. The molecule has 0 atom stereocenters. The fraction of sp³-hybridized carbons (Fsp3) is 0.571. The minimum absolute atomic E-state index is 0.157. The maximum absolute atomic E-state index is 10.6. The molecule has 1 heterocycles. The van der Waals surface area contributed by atoms with Gasteiger partial charge in [0.1, 0.15) is 0 Å². The third-order valence-corrected chi connectivity index (χ3v) is 3.08. The van der Waals surface area contributed by atoms with Gasteiger partial charge in [0, 0.05) is 0 Å². The van der Waals surface area contributed by atoms with E-state index in [9.17, 15) is 4.79 Å². The van der Waals surface area contributed by atoms with E-state index in [-0.39, 0.29) is 5.69 Å². The van der Waals surface area contributed by atoms with Gasteiger partial charge in [0.25, 0.3) is 0 Å². The van der Waals surface area contributed by atoms with Crippen LogP contribution in [-0.4, -0.2) is 20.7 Å². The van der Waals surface area contributed by atoms with Crippen LogP contribution in [0.3, 0.4) is 0 Å². The predicted octanol–water partition coefficient (Wildman–Crippen LogP) is 1.50. The van der Waals surface area contributed by atoms with Crippen molar-refractivity contribution in [1.82, 2.24) is 9.59 Å². The molecule has 0 aliphatic heterocycles. The van der Waals surface area contributed by atoms with Gasteiger partial charge in [0.2, 0.25) is 0 Å². The molecule has 0 spiro atoms. The van der Waals surface area contributed by atoms with Gasteiger partial charge in [-0.25, -0.2) is 4.79 Å². The molecule has 0 aromatic carbocycles. The molecule has 0 radical (unpaired) electrons. The van der Waals surface area contributed by atoms with Crippen LogP contribution in [0.15, 0.2) is 0 Å². The van der Waals surface area contributed by atoms with Crippen LogP contribution < -0.4 is 0 Å². The van der Waals surface area contributed by atoms with E-state index in [4.69, 9.17) is 5.11 Å². The summed E-state index contributed by atoms with van der Waals surface area (Å²) in [7, 11) is 0. The molecule has 1 aliphatic rings. The number of rotatable bonds is 2. The van der Waals surface area contributed by atoms with Gasteiger partial charge < -0.3 is 5.11 Å². The van der Waals surface area contributed by atoms with Crippen molar-refractivity contribution >= 4 is 17.5 Å². The number of aromatic carboxylic acids is 1. The Bertz CT molecular complexity index is 306. The lowest BCUT2D eigenvalue weighted by Crippen LogP contribution is -2.11. The molecule has 64 valence electrons. The third kappa shape index (κ3) is 1.10. The van der Waals surface area contributed by atoms with Crippen LogP contribution in [0.25, 0.3) is 0 Å². The monoisotopic (exact) mass is 184 g/mol. The number of carbonyl (C=O) groups is 1. The Morgan fingerprint density at radius 3 is 2.83 bits per heavy atom. The average molecular weight is 184 g/mol. The van der Waals surface area contributed by atoms with Crippen LogP contribution in [0.4, 0.5) is 0 Å². The van der Waals surface area contributed by atoms with Crippen molar-refractivity contribution in [3.63, 3.8) is 0 Å². The lowest BCUT2D eigenvalue weighted by atomic mass is 9.84. The number of carboxylic acids is 1. The summed E-state index contributed by atoms with van der Waals surface area (Å²) in [4.78, 5) is 11.5.